The third kappa shape index (κ3) is 2.14. The molecule has 0 rings (SSSR count). The fourth-order valence-corrected chi connectivity index (χ4v) is 0.0289. The lowest BCUT2D eigenvalue weighted by atomic mass is 10.4. The highest BCUT2D eigenvalue weighted by Gasteiger charge is 1.93. The summed E-state index contributed by atoms with van der Waals surface area (Å²) in [5.41, 5.74) is 0. The van der Waals surface area contributed by atoms with Crippen LogP contribution < -0.4 is 0 Å². The van der Waals surface area contributed by atoms with Gasteiger partial charge in [0.1, 0.15) is 6.08 Å². The largest absolute Gasteiger partial charge is 0.394 e. The molecule has 2 unspecified atom stereocenters. The molecular weight excluding hydrogens is 84.0 g/mol. The molecule has 0 aromatic heterocycles. The second-order valence-corrected chi connectivity index (χ2v) is 0.626. The van der Waals surface area contributed by atoms with Crippen LogP contribution in [0.5, 0.6) is 0 Å². The van der Waals surface area contributed by atoms with Crippen LogP contribution in [0, 0.1) is 0 Å². The Kier molecular flexibility index (Phi) is 0.913. The van der Waals surface area contributed by atoms with Gasteiger partial charge in [-0.05, 0) is 0 Å². The van der Waals surface area contributed by atoms with Crippen molar-refractivity contribution in [2.45, 2.75) is 6.08 Å². The molecule has 2 atom stereocenters. The second kappa shape index (κ2) is 3.08. The van der Waals surface area contributed by atoms with Gasteiger partial charge < -0.3 is 15.3 Å². The number of aliphatic hydroxyl groups excluding tert-OH is 1. The zero-order valence-corrected chi connectivity index (χ0v) is 2.92. The van der Waals surface area contributed by atoms with E-state index in [1.54, 1.807) is 0 Å². The first-order chi connectivity index (χ1) is 4.19. The van der Waals surface area contributed by atoms with Crippen molar-refractivity contribution < 1.29 is 20.8 Å². The van der Waals surface area contributed by atoms with E-state index < -0.39 is 19.2 Å². The molecule has 3 nitrogen and oxygen atoms in total. The fourth-order valence-electron chi connectivity index (χ4n) is 0.0289. The monoisotopic (exact) mass is 100 g/mol. The highest BCUT2D eigenvalue weighted by Crippen LogP contribution is 1.71. The molecule has 0 heterocycles. The van der Waals surface area contributed by atoms with Gasteiger partial charge in [-0.15, -0.1) is 0 Å². The van der Waals surface area contributed by atoms with Crippen LogP contribution in [-0.4, -0.2) is 34.5 Å². The summed E-state index contributed by atoms with van der Waals surface area (Å²) in [5.74, 6) is 0. The Morgan fingerprint density at radius 2 is 2.33 bits per heavy atom. The molecule has 0 amide bonds. The zero-order chi connectivity index (χ0) is 8.58. The lowest BCUT2D eigenvalue weighted by molar-refractivity contribution is 0.0450. The van der Waals surface area contributed by atoms with Crippen molar-refractivity contribution in [1.29, 1.82) is 0 Å². The molecule has 0 aliphatic heterocycles. The fraction of sp³-hybridized carbons (Fsp3) is 1.00. The molecule has 3 N–H and O–H groups in total. The van der Waals surface area contributed by atoms with E-state index in [1.165, 1.54) is 0 Å². The summed E-state index contributed by atoms with van der Waals surface area (Å²) in [6.45, 7) is -5.69. The molecule has 0 radical (unpaired) electrons. The molecule has 0 aromatic rings. The summed E-state index contributed by atoms with van der Waals surface area (Å²) in [6, 6.07) is 0. The Balaban J connectivity index is 4.40. The van der Waals surface area contributed by atoms with Crippen LogP contribution in [0.15, 0.2) is 0 Å². The van der Waals surface area contributed by atoms with Crippen LogP contribution in [0.2, 0.25) is 0 Å². The first-order valence-corrected chi connectivity index (χ1v) is 1.24. The van der Waals surface area contributed by atoms with Crippen LogP contribution in [-0.2, 0) is 0 Å². The normalized spacial score (nSPS) is 37.2. The van der Waals surface area contributed by atoms with E-state index in [9.17, 15) is 0 Å². The SMILES string of the molecule is [3H]C(O)C([3H])(O)C([3H])([3H])O. The molecule has 38 valence electrons. The maximum atomic E-state index is 8.53. The highest BCUT2D eigenvalue weighted by molar-refractivity contribution is 4.43. The van der Waals surface area contributed by atoms with Gasteiger partial charge in [0.2, 0.25) is 0 Å². The molecule has 0 saturated heterocycles. The van der Waals surface area contributed by atoms with Gasteiger partial charge in [0.15, 0.2) is 0 Å². The van der Waals surface area contributed by atoms with E-state index in [4.69, 9.17) is 20.8 Å². The average Bonchev–Trinajstić information content (AvgIpc) is 1.62. The Labute approximate surface area is 41.5 Å². The lowest BCUT2D eigenvalue weighted by Gasteiger charge is -1.96. The Hall–Kier alpha value is -0.120. The summed E-state index contributed by atoms with van der Waals surface area (Å²) in [7, 11) is 0. The molecule has 0 bridgehead atoms. The summed E-state index contributed by atoms with van der Waals surface area (Å²) >= 11 is 0. The standard InChI is InChI=1S/C3H8O3/c4-1-3(6)2-5/h3-6H,1-2H2/i1T,2T2,3T. The molecular formula is C3H8O3. The van der Waals surface area contributed by atoms with E-state index in [-0.39, 0.29) is 0 Å². The van der Waals surface area contributed by atoms with Crippen LogP contribution in [0.4, 0.5) is 0 Å². The molecule has 0 saturated carbocycles. The van der Waals surface area contributed by atoms with Crippen molar-refractivity contribution in [1.82, 2.24) is 0 Å². The van der Waals surface area contributed by atoms with Gasteiger partial charge in [0.25, 0.3) is 0 Å². The van der Waals surface area contributed by atoms with Crippen LogP contribution >= 0.6 is 0 Å². The van der Waals surface area contributed by atoms with E-state index in [0.29, 0.717) is 0 Å². The maximum absolute atomic E-state index is 8.53. The highest BCUT2D eigenvalue weighted by atomic mass is 16.3. The minimum atomic E-state index is -3.30. The summed E-state index contributed by atoms with van der Waals surface area (Å²) in [4.78, 5) is 0. The molecule has 3 heteroatoms. The summed E-state index contributed by atoms with van der Waals surface area (Å²) in [6.07, 6.45) is -3.20. The quantitative estimate of drug-likeness (QED) is 0.389. The Morgan fingerprint density at radius 1 is 1.83 bits per heavy atom. The number of aliphatic hydroxyl groups is 3. The van der Waals surface area contributed by atoms with Crippen molar-refractivity contribution in [3.8, 4) is 0 Å². The third-order valence-corrected chi connectivity index (χ3v) is 0.237. The first kappa shape index (κ1) is 1.78. The number of hydrogen-bond donors (Lipinski definition) is 3. The predicted octanol–water partition coefficient (Wildman–Crippen LogP) is -1.67. The van der Waals surface area contributed by atoms with Gasteiger partial charge in [-0.2, -0.15) is 0 Å². The van der Waals surface area contributed by atoms with Gasteiger partial charge in [0, 0.05) is 0 Å². The third-order valence-electron chi connectivity index (χ3n) is 0.237. The predicted molar refractivity (Wildman–Crippen MR) is 20.2 cm³/mol. The van der Waals surface area contributed by atoms with Gasteiger partial charge in [-0.3, -0.25) is 0 Å². The second-order valence-electron chi connectivity index (χ2n) is 0.626. The van der Waals surface area contributed by atoms with Crippen molar-refractivity contribution in [2.75, 3.05) is 13.1 Å². The first-order valence-electron chi connectivity index (χ1n) is 3.32. The van der Waals surface area contributed by atoms with Gasteiger partial charge >= 0.3 is 0 Å². The molecule has 0 fully saturated rings. The summed E-state index contributed by atoms with van der Waals surface area (Å²) in [5, 5.41) is 25.1. The topological polar surface area (TPSA) is 60.7 Å². The van der Waals surface area contributed by atoms with Gasteiger partial charge in [0.05, 0.1) is 18.6 Å². The maximum Gasteiger partial charge on any atom is 0.100 e. The van der Waals surface area contributed by atoms with Crippen LogP contribution in [0.3, 0.4) is 0 Å². The van der Waals surface area contributed by atoms with Crippen LogP contribution in [0.25, 0.3) is 0 Å². The average molecular weight is 100 g/mol. The van der Waals surface area contributed by atoms with Gasteiger partial charge in [-0.1, -0.05) is 0 Å². The molecule has 6 heavy (non-hydrogen) atoms. The van der Waals surface area contributed by atoms with E-state index in [2.05, 4.69) is 0 Å². The Morgan fingerprint density at radius 3 is 2.33 bits per heavy atom. The number of rotatable bonds is 2. The van der Waals surface area contributed by atoms with Crippen molar-refractivity contribution in [3.63, 3.8) is 0 Å². The molecule has 0 aliphatic carbocycles. The van der Waals surface area contributed by atoms with Crippen LogP contribution in [0.1, 0.15) is 5.48 Å². The summed E-state index contributed by atoms with van der Waals surface area (Å²) < 4.78 is 25.6. The zero-order valence-electron chi connectivity index (χ0n) is 6.92. The lowest BCUT2D eigenvalue weighted by Crippen LogP contribution is -2.15. The molecule has 0 aliphatic rings. The van der Waals surface area contributed by atoms with Crippen molar-refractivity contribution in [3.05, 3.63) is 0 Å². The number of hydrogen-bond acceptors (Lipinski definition) is 3. The van der Waals surface area contributed by atoms with E-state index in [0.717, 1.165) is 0 Å². The Bertz CT molecular complexity index is 117. The molecule has 0 spiro atoms. The van der Waals surface area contributed by atoms with E-state index >= 15 is 0 Å². The molecule has 0 aromatic carbocycles. The van der Waals surface area contributed by atoms with Crippen molar-refractivity contribution in [2.24, 2.45) is 0 Å². The smallest absolute Gasteiger partial charge is 0.100 e. The van der Waals surface area contributed by atoms with E-state index in [1.807, 2.05) is 0 Å². The minimum absolute atomic E-state index is 2.40. The van der Waals surface area contributed by atoms with Crippen molar-refractivity contribution >= 4 is 0 Å². The van der Waals surface area contributed by atoms with Gasteiger partial charge in [-0.25, -0.2) is 0 Å². The minimum Gasteiger partial charge on any atom is -0.394 e.